The number of hydrogen-bond donors (Lipinski definition) is 1. The van der Waals surface area contributed by atoms with Crippen LogP contribution in [-0.2, 0) is 4.79 Å². The van der Waals surface area contributed by atoms with Crippen molar-refractivity contribution in [1.29, 1.82) is 5.26 Å². The van der Waals surface area contributed by atoms with Crippen molar-refractivity contribution in [2.45, 2.75) is 65.7 Å². The summed E-state index contributed by atoms with van der Waals surface area (Å²) in [5.74, 6) is -0.0817. The topological polar surface area (TPSA) is 52.9 Å². The Bertz CT molecular complexity index is 320. The van der Waals surface area contributed by atoms with Crippen LogP contribution < -0.4 is 5.32 Å². The fourth-order valence-electron chi connectivity index (χ4n) is 2.82. The molecule has 0 bridgehead atoms. The van der Waals surface area contributed by atoms with Crippen LogP contribution in [0, 0.1) is 22.2 Å². The fraction of sp³-hybridized carbons (Fsp3) is 0.867. The van der Waals surface area contributed by atoms with E-state index in [1.807, 2.05) is 13.8 Å². The van der Waals surface area contributed by atoms with Gasteiger partial charge < -0.3 is 5.32 Å². The van der Waals surface area contributed by atoms with E-state index in [1.165, 1.54) is 32.1 Å². The lowest BCUT2D eigenvalue weighted by Crippen LogP contribution is -2.44. The van der Waals surface area contributed by atoms with Gasteiger partial charge in [-0.1, -0.05) is 40.0 Å². The van der Waals surface area contributed by atoms with Gasteiger partial charge in [0.05, 0.1) is 6.07 Å². The Balaban J connectivity index is 2.57. The van der Waals surface area contributed by atoms with Gasteiger partial charge in [-0.3, -0.25) is 4.79 Å². The van der Waals surface area contributed by atoms with Gasteiger partial charge in [-0.25, -0.2) is 0 Å². The average molecular weight is 250 g/mol. The van der Waals surface area contributed by atoms with Gasteiger partial charge in [-0.05, 0) is 31.1 Å². The minimum atomic E-state index is -0.828. The van der Waals surface area contributed by atoms with E-state index in [0.717, 1.165) is 6.54 Å². The number of nitrogens with one attached hydrogen (secondary N) is 1. The number of nitriles is 1. The first-order valence-corrected chi connectivity index (χ1v) is 7.21. The van der Waals surface area contributed by atoms with Gasteiger partial charge in [0.2, 0.25) is 5.91 Å². The molecule has 0 heterocycles. The van der Waals surface area contributed by atoms with Crippen LogP contribution in [0.2, 0.25) is 0 Å². The zero-order valence-electron chi connectivity index (χ0n) is 12.0. The molecule has 1 aliphatic rings. The number of hydrogen-bond acceptors (Lipinski definition) is 2. The summed E-state index contributed by atoms with van der Waals surface area (Å²) < 4.78 is 0. The minimum Gasteiger partial charge on any atom is -0.354 e. The lowest BCUT2D eigenvalue weighted by molar-refractivity contribution is -0.129. The molecule has 1 fully saturated rings. The van der Waals surface area contributed by atoms with E-state index >= 15 is 0 Å². The minimum absolute atomic E-state index is 0.0817. The molecular formula is C15H26N2O. The van der Waals surface area contributed by atoms with Crippen LogP contribution in [0.15, 0.2) is 0 Å². The number of amides is 1. The van der Waals surface area contributed by atoms with E-state index in [-0.39, 0.29) is 11.3 Å². The predicted molar refractivity (Wildman–Crippen MR) is 72.8 cm³/mol. The normalized spacial score (nSPS) is 19.0. The highest BCUT2D eigenvalue weighted by atomic mass is 16.2. The molecule has 1 amide bonds. The maximum atomic E-state index is 12.2. The first-order chi connectivity index (χ1) is 8.52. The standard InChI is InChI=1S/C15H26N2O/c1-4-15(5-2,11-16)13(18)17-12-14(3)9-7-6-8-10-14/h4-10,12H2,1-3H3,(H,17,18). The molecule has 0 unspecified atom stereocenters. The molecular weight excluding hydrogens is 224 g/mol. The maximum absolute atomic E-state index is 12.2. The van der Waals surface area contributed by atoms with Gasteiger partial charge in [0.15, 0.2) is 0 Å². The first kappa shape index (κ1) is 15.0. The van der Waals surface area contributed by atoms with E-state index in [1.54, 1.807) is 0 Å². The molecule has 18 heavy (non-hydrogen) atoms. The molecule has 0 aromatic rings. The number of carbonyl (C=O) groups is 1. The Kier molecular flexibility index (Phi) is 5.19. The molecule has 3 heteroatoms. The van der Waals surface area contributed by atoms with Crippen molar-refractivity contribution in [3.05, 3.63) is 0 Å². The summed E-state index contributed by atoms with van der Waals surface area (Å²) in [6, 6.07) is 2.20. The Hall–Kier alpha value is -1.04. The molecule has 0 saturated heterocycles. The van der Waals surface area contributed by atoms with Crippen molar-refractivity contribution in [1.82, 2.24) is 5.32 Å². The van der Waals surface area contributed by atoms with Gasteiger partial charge in [0.25, 0.3) is 0 Å². The van der Waals surface area contributed by atoms with Crippen molar-refractivity contribution < 1.29 is 4.79 Å². The third-order valence-electron chi connectivity index (χ3n) is 4.59. The number of rotatable bonds is 5. The lowest BCUT2D eigenvalue weighted by atomic mass is 9.75. The zero-order chi connectivity index (χ0) is 13.6. The number of nitrogens with zero attached hydrogens (tertiary/aromatic N) is 1. The fourth-order valence-corrected chi connectivity index (χ4v) is 2.82. The van der Waals surface area contributed by atoms with Gasteiger partial charge in [-0.2, -0.15) is 5.26 Å². The van der Waals surface area contributed by atoms with E-state index in [2.05, 4.69) is 18.3 Å². The largest absolute Gasteiger partial charge is 0.354 e. The highest BCUT2D eigenvalue weighted by molar-refractivity contribution is 5.85. The van der Waals surface area contributed by atoms with Crippen molar-refractivity contribution >= 4 is 5.91 Å². The molecule has 0 radical (unpaired) electrons. The molecule has 0 spiro atoms. The molecule has 1 aliphatic carbocycles. The molecule has 0 aromatic heterocycles. The SMILES string of the molecule is CCC(C#N)(CC)C(=O)NCC1(C)CCCCC1. The summed E-state index contributed by atoms with van der Waals surface area (Å²) >= 11 is 0. The van der Waals surface area contributed by atoms with Crippen molar-refractivity contribution in [3.63, 3.8) is 0 Å². The predicted octanol–water partition coefficient (Wildman–Crippen LogP) is 3.40. The summed E-state index contributed by atoms with van der Waals surface area (Å²) in [7, 11) is 0. The van der Waals surface area contributed by atoms with Crippen molar-refractivity contribution in [2.75, 3.05) is 6.54 Å². The van der Waals surface area contributed by atoms with E-state index in [9.17, 15) is 10.1 Å². The van der Waals surface area contributed by atoms with Gasteiger partial charge >= 0.3 is 0 Å². The summed E-state index contributed by atoms with van der Waals surface area (Å²) in [5, 5.41) is 12.3. The van der Waals surface area contributed by atoms with Crippen LogP contribution in [-0.4, -0.2) is 12.5 Å². The third kappa shape index (κ3) is 3.25. The molecule has 1 N–H and O–H groups in total. The Morgan fingerprint density at radius 1 is 1.28 bits per heavy atom. The van der Waals surface area contributed by atoms with Gasteiger partial charge in [0.1, 0.15) is 5.41 Å². The number of carbonyl (C=O) groups excluding carboxylic acids is 1. The zero-order valence-corrected chi connectivity index (χ0v) is 12.0. The van der Waals surface area contributed by atoms with Crippen molar-refractivity contribution in [3.8, 4) is 6.07 Å². The summed E-state index contributed by atoms with van der Waals surface area (Å²) in [5.41, 5.74) is -0.596. The lowest BCUT2D eigenvalue weighted by Gasteiger charge is -2.34. The maximum Gasteiger partial charge on any atom is 0.240 e. The van der Waals surface area contributed by atoms with Gasteiger partial charge in [0, 0.05) is 6.54 Å². The van der Waals surface area contributed by atoms with Gasteiger partial charge in [-0.15, -0.1) is 0 Å². The first-order valence-electron chi connectivity index (χ1n) is 7.21. The van der Waals surface area contributed by atoms with Crippen LogP contribution in [0.1, 0.15) is 65.7 Å². The molecule has 1 rings (SSSR count). The molecule has 3 nitrogen and oxygen atoms in total. The molecule has 1 saturated carbocycles. The van der Waals surface area contributed by atoms with E-state index < -0.39 is 5.41 Å². The Morgan fingerprint density at radius 2 is 1.83 bits per heavy atom. The van der Waals surface area contributed by atoms with Crippen LogP contribution in [0.4, 0.5) is 0 Å². The Morgan fingerprint density at radius 3 is 2.28 bits per heavy atom. The molecule has 0 aromatic carbocycles. The second kappa shape index (κ2) is 6.22. The smallest absolute Gasteiger partial charge is 0.240 e. The summed E-state index contributed by atoms with van der Waals surface area (Å²) in [6.07, 6.45) is 7.38. The highest BCUT2D eigenvalue weighted by Crippen LogP contribution is 2.35. The highest BCUT2D eigenvalue weighted by Gasteiger charge is 2.36. The third-order valence-corrected chi connectivity index (χ3v) is 4.59. The van der Waals surface area contributed by atoms with Crippen LogP contribution in [0.5, 0.6) is 0 Å². The van der Waals surface area contributed by atoms with E-state index in [4.69, 9.17) is 0 Å². The molecule has 102 valence electrons. The van der Waals surface area contributed by atoms with Crippen molar-refractivity contribution in [2.24, 2.45) is 10.8 Å². The van der Waals surface area contributed by atoms with E-state index in [0.29, 0.717) is 12.8 Å². The van der Waals surface area contributed by atoms with Crippen LogP contribution in [0.3, 0.4) is 0 Å². The van der Waals surface area contributed by atoms with Crippen LogP contribution >= 0.6 is 0 Å². The monoisotopic (exact) mass is 250 g/mol. The van der Waals surface area contributed by atoms with Crippen LogP contribution in [0.25, 0.3) is 0 Å². The quantitative estimate of drug-likeness (QED) is 0.813. The molecule has 0 aliphatic heterocycles. The molecule has 0 atom stereocenters. The second-order valence-electron chi connectivity index (χ2n) is 5.96. The second-order valence-corrected chi connectivity index (χ2v) is 5.96. The summed E-state index contributed by atoms with van der Waals surface area (Å²) in [6.45, 7) is 6.79. The Labute approximate surface area is 111 Å². The summed E-state index contributed by atoms with van der Waals surface area (Å²) in [4.78, 5) is 12.2. The average Bonchev–Trinajstić information content (AvgIpc) is 2.40.